The number of hydrogen-bond acceptors (Lipinski definition) is 0. The molecule has 0 bridgehead atoms. The Hall–Kier alpha value is -13.8. The van der Waals surface area contributed by atoms with Crippen molar-refractivity contribution >= 4 is 195 Å². The number of fused-ring (bicyclic) bond motifs is 28. The van der Waals surface area contributed by atoms with Gasteiger partial charge in [0, 0.05) is 86.2 Å². The number of nitrogens with zero attached hydrogens (tertiary/aromatic N) is 4. The van der Waals surface area contributed by atoms with E-state index in [1.807, 2.05) is 0 Å². The van der Waals surface area contributed by atoms with Gasteiger partial charge in [-0.05, 0) is 377 Å². The predicted octanol–water partition coefficient (Wildman–Crippen LogP) is 37.5. The molecule has 136 heavy (non-hydrogen) atoms. The van der Waals surface area contributed by atoms with E-state index < -0.39 is 0 Å². The Morgan fingerprint density at radius 3 is 0.551 bits per heavy atom. The largest absolute Gasteiger partial charge is 0.308 e. The molecule has 0 saturated carbocycles. The van der Waals surface area contributed by atoms with Crippen LogP contribution in [0.4, 0.5) is 0 Å². The molecule has 4 heteroatoms. The van der Waals surface area contributed by atoms with E-state index in [4.69, 9.17) is 0 Å². The summed E-state index contributed by atoms with van der Waals surface area (Å²) in [4.78, 5) is 0. The SMILES string of the molecule is Cc1ccc2c(c1)c1cc(C)cc3c4cc5c(-c6c(C(C)(C)C)cccc6C(C)(C)C)c6cc7c(cc6c(-c6c(C(C)(C)C)cccc6C(C)(C)C)c5cc4n2c13)c1cc(C)cc2c3cc(C)ccc3n7c21.Cc1ccc2c(c1)c1cc(C)cc3c4cc5c(-c6ccc(C(C)(C)C)cc6)c6cc7c(cc6c(-c6ccc(C(C)(C)C)cc6)c5cc4n2c13)c1cc(C)cc2c3cc(C)ccc3n7c21. The molecule has 0 unspecified atom stereocenters. The fraction of sp³-hybridized carbons (Fsp3) is 0.242. The van der Waals surface area contributed by atoms with Crippen molar-refractivity contribution in [2.24, 2.45) is 0 Å². The van der Waals surface area contributed by atoms with Crippen LogP contribution < -0.4 is 0 Å². The maximum absolute atomic E-state index is 2.64. The van der Waals surface area contributed by atoms with Gasteiger partial charge in [0.05, 0.1) is 66.2 Å². The van der Waals surface area contributed by atoms with Crippen LogP contribution >= 0.6 is 0 Å². The normalized spacial score (nSPS) is 13.4. The molecule has 18 aromatic carbocycles. The first-order valence-corrected chi connectivity index (χ1v) is 49.5. The van der Waals surface area contributed by atoms with Crippen molar-refractivity contribution in [1.82, 2.24) is 17.6 Å². The molecule has 0 aliphatic rings. The van der Waals surface area contributed by atoms with Crippen LogP contribution in [0.25, 0.3) is 240 Å². The molecule has 668 valence electrons. The monoisotopic (exact) mass is 1760 g/mol. The second-order valence-electron chi connectivity index (χ2n) is 47.5. The smallest absolute Gasteiger partial charge is 0.0620 e. The zero-order valence-electron chi connectivity index (χ0n) is 84.0. The van der Waals surface area contributed by atoms with Crippen LogP contribution in [0, 0.1) is 55.4 Å². The summed E-state index contributed by atoms with van der Waals surface area (Å²) >= 11 is 0. The molecule has 0 aliphatic carbocycles. The number of benzene rings is 18. The second kappa shape index (κ2) is 28.0. The third-order valence-corrected chi connectivity index (χ3v) is 31.4. The molecular formula is C132H120N4. The Bertz CT molecular complexity index is 9130. The molecule has 8 heterocycles. The summed E-state index contributed by atoms with van der Waals surface area (Å²) in [5, 5.41) is 31.5. The minimum Gasteiger partial charge on any atom is -0.308 e. The molecule has 8 aromatic heterocycles. The summed E-state index contributed by atoms with van der Waals surface area (Å²) in [5.41, 5.74) is 43.9. The van der Waals surface area contributed by atoms with Gasteiger partial charge in [0.1, 0.15) is 0 Å². The molecule has 0 radical (unpaired) electrons. The number of aryl methyl sites for hydroxylation is 8. The van der Waals surface area contributed by atoms with Gasteiger partial charge in [-0.15, -0.1) is 0 Å². The molecule has 4 nitrogen and oxygen atoms in total. The Labute approximate surface area is 797 Å². The predicted molar refractivity (Wildman–Crippen MR) is 593 cm³/mol. The van der Waals surface area contributed by atoms with Crippen LogP contribution in [0.3, 0.4) is 0 Å². The van der Waals surface area contributed by atoms with Crippen molar-refractivity contribution in [3.63, 3.8) is 0 Å². The Kier molecular flexibility index (Phi) is 17.3. The van der Waals surface area contributed by atoms with Gasteiger partial charge in [-0.3, -0.25) is 0 Å². The van der Waals surface area contributed by atoms with Gasteiger partial charge in [-0.1, -0.05) is 256 Å². The fourth-order valence-electron chi connectivity index (χ4n) is 25.2. The van der Waals surface area contributed by atoms with Crippen LogP contribution in [-0.2, 0) is 32.5 Å². The van der Waals surface area contributed by atoms with Gasteiger partial charge in [0.15, 0.2) is 0 Å². The van der Waals surface area contributed by atoms with Crippen LogP contribution in [0.5, 0.6) is 0 Å². The molecule has 0 atom stereocenters. The van der Waals surface area contributed by atoms with Gasteiger partial charge < -0.3 is 17.6 Å². The van der Waals surface area contributed by atoms with Crippen LogP contribution in [0.15, 0.2) is 255 Å². The molecule has 0 spiro atoms. The maximum atomic E-state index is 2.64. The Balaban J connectivity index is 0.000000146. The van der Waals surface area contributed by atoms with E-state index in [9.17, 15) is 0 Å². The summed E-state index contributed by atoms with van der Waals surface area (Å²) in [5.74, 6) is 0. The van der Waals surface area contributed by atoms with Gasteiger partial charge in [-0.2, -0.15) is 0 Å². The van der Waals surface area contributed by atoms with Crippen molar-refractivity contribution in [1.29, 1.82) is 0 Å². The third kappa shape index (κ3) is 11.9. The molecule has 0 amide bonds. The second-order valence-corrected chi connectivity index (χ2v) is 47.5. The average molecular weight is 1760 g/mol. The standard InChI is InChI=1S/C70H68N2.C62H52N2/c1-37-23-25-57-41(27-37)49-29-39(3)31-51-43-33-45-47(35-59(43)71(57)65(49)51)61(63-53(67(5,6)7)19-17-20-54(63)68(8,9)10)46-34-44-52-32-40(4)30-50-42-28-38(2)24-26-58(42)72(66(50)52)60(44)36-48(46)62(45)64-55(69(11,12)13)21-18-22-56(64)70(14,15)16;1-33-11-21-53-41(23-33)49-25-35(3)27-51-43-29-45-47(31-55(43)63(53)59(49)51)57(37-13-17-39(18-14-37)61(5,6)7)46-30-44-52-28-36(4)26-50-42-24-34(2)12-22-54(42)64(60(50)52)56(44)32-48(46)58(45)38-15-19-40(20-16-38)62(8,9)10/h17-36H,1-16H3;11-32H,1-10H3. The Morgan fingerprint density at radius 2 is 0.338 bits per heavy atom. The van der Waals surface area contributed by atoms with E-state index in [1.54, 1.807) is 0 Å². The lowest BCUT2D eigenvalue weighted by molar-refractivity contribution is 0.571. The van der Waals surface area contributed by atoms with Gasteiger partial charge in [0.25, 0.3) is 0 Å². The van der Waals surface area contributed by atoms with Gasteiger partial charge in [-0.25, -0.2) is 0 Å². The summed E-state index contributed by atoms with van der Waals surface area (Å²) in [6.07, 6.45) is 0. The summed E-state index contributed by atoms with van der Waals surface area (Å²) in [6.45, 7) is 60.8. The zero-order chi connectivity index (χ0) is 94.5. The van der Waals surface area contributed by atoms with E-state index in [0.29, 0.717) is 0 Å². The number of rotatable bonds is 4. The first-order valence-electron chi connectivity index (χ1n) is 49.5. The van der Waals surface area contributed by atoms with Crippen molar-refractivity contribution < 1.29 is 0 Å². The summed E-state index contributed by atoms with van der Waals surface area (Å²) in [7, 11) is 0. The van der Waals surface area contributed by atoms with E-state index >= 15 is 0 Å². The molecule has 0 fully saturated rings. The van der Waals surface area contributed by atoms with Crippen molar-refractivity contribution in [3.05, 3.63) is 333 Å². The van der Waals surface area contributed by atoms with E-state index in [-0.39, 0.29) is 32.5 Å². The lowest BCUT2D eigenvalue weighted by Gasteiger charge is -2.33. The van der Waals surface area contributed by atoms with E-state index in [1.165, 1.54) is 318 Å². The molecule has 26 rings (SSSR count). The zero-order valence-corrected chi connectivity index (χ0v) is 84.0. The van der Waals surface area contributed by atoms with Crippen LogP contribution in [0.1, 0.15) is 203 Å². The van der Waals surface area contributed by atoms with E-state index in [2.05, 4.69) is 452 Å². The highest BCUT2D eigenvalue weighted by atomic mass is 14.9. The highest BCUT2D eigenvalue weighted by molar-refractivity contribution is 6.36. The quantitative estimate of drug-likeness (QED) is 0.156. The van der Waals surface area contributed by atoms with Crippen LogP contribution in [-0.4, -0.2) is 17.6 Å². The summed E-state index contributed by atoms with van der Waals surface area (Å²) < 4.78 is 10.3. The molecule has 0 N–H and O–H groups in total. The Morgan fingerprint density at radius 1 is 0.147 bits per heavy atom. The topological polar surface area (TPSA) is 17.6 Å². The summed E-state index contributed by atoms with van der Waals surface area (Å²) in [6, 6.07) is 102. The average Bonchev–Trinajstić information content (AvgIpc) is 1.51. The minimum absolute atomic E-state index is 0.0435. The van der Waals surface area contributed by atoms with Crippen LogP contribution in [0.2, 0.25) is 0 Å². The van der Waals surface area contributed by atoms with Crippen molar-refractivity contribution in [3.8, 4) is 44.5 Å². The highest BCUT2D eigenvalue weighted by Gasteiger charge is 2.37. The van der Waals surface area contributed by atoms with Crippen molar-refractivity contribution in [2.75, 3.05) is 0 Å². The van der Waals surface area contributed by atoms with Gasteiger partial charge >= 0.3 is 0 Å². The lowest BCUT2D eigenvalue weighted by atomic mass is 9.70. The fourth-order valence-corrected chi connectivity index (χ4v) is 25.2. The molecule has 26 aromatic rings. The number of hydrogen-bond donors (Lipinski definition) is 0. The lowest BCUT2D eigenvalue weighted by Crippen LogP contribution is -2.20. The maximum Gasteiger partial charge on any atom is 0.0620 e. The number of aromatic nitrogens is 4. The van der Waals surface area contributed by atoms with Gasteiger partial charge in [0.2, 0.25) is 0 Å². The molecule has 0 saturated heterocycles. The molecular weight excluding hydrogens is 1640 g/mol. The van der Waals surface area contributed by atoms with E-state index in [0.717, 1.165) is 0 Å². The minimum atomic E-state index is -0.147. The highest BCUT2D eigenvalue weighted by Crippen LogP contribution is 2.58. The first-order chi connectivity index (χ1) is 64.5. The van der Waals surface area contributed by atoms with Crippen molar-refractivity contribution in [2.45, 2.75) is 213 Å². The first kappa shape index (κ1) is 84.0. The molecule has 0 aliphatic heterocycles. The third-order valence-electron chi connectivity index (χ3n) is 31.4.